The molecule has 2 aromatic rings. The summed E-state index contributed by atoms with van der Waals surface area (Å²) in [6.45, 7) is 5.62. The minimum absolute atomic E-state index is 0.0320. The van der Waals surface area contributed by atoms with Gasteiger partial charge in [0.05, 0.1) is 6.61 Å². The molecular weight excluding hydrogens is 404 g/mol. The lowest BCUT2D eigenvalue weighted by Crippen LogP contribution is -2.38. The second kappa shape index (κ2) is 10.3. The molecule has 2 aromatic carbocycles. The van der Waals surface area contributed by atoms with Crippen LogP contribution in [0.5, 0.6) is 11.5 Å². The standard InChI is InChI=1S/C23H27ClN2O4/c1-3-29-21-14-17(23(28)25-19-9-7-8-18(24)16(19)2)10-11-20(21)30-15-22(27)26-12-5-4-6-13-26/h7-11,14H,3-6,12-13,15H2,1-2H3,(H,25,28). The van der Waals surface area contributed by atoms with Crippen LogP contribution in [0.15, 0.2) is 36.4 Å². The summed E-state index contributed by atoms with van der Waals surface area (Å²) in [4.78, 5) is 26.9. The summed E-state index contributed by atoms with van der Waals surface area (Å²) in [6, 6.07) is 10.3. The molecule has 0 saturated carbocycles. The maximum absolute atomic E-state index is 12.7. The maximum Gasteiger partial charge on any atom is 0.260 e. The van der Waals surface area contributed by atoms with E-state index < -0.39 is 0 Å². The zero-order valence-corrected chi connectivity index (χ0v) is 18.1. The number of hydrogen-bond acceptors (Lipinski definition) is 4. The Labute approximate surface area is 182 Å². The lowest BCUT2D eigenvalue weighted by molar-refractivity contribution is -0.134. The number of likely N-dealkylation sites (tertiary alicyclic amines) is 1. The fourth-order valence-corrected chi connectivity index (χ4v) is 3.52. The van der Waals surface area contributed by atoms with E-state index in [9.17, 15) is 9.59 Å². The van der Waals surface area contributed by atoms with Crippen LogP contribution in [-0.2, 0) is 4.79 Å². The van der Waals surface area contributed by atoms with Crippen LogP contribution in [0.1, 0.15) is 42.1 Å². The number of carbonyl (C=O) groups excluding carboxylic acids is 2. The Morgan fingerprint density at radius 2 is 1.83 bits per heavy atom. The van der Waals surface area contributed by atoms with Crippen molar-refractivity contribution in [1.29, 1.82) is 0 Å². The first-order valence-electron chi connectivity index (χ1n) is 10.2. The van der Waals surface area contributed by atoms with Crippen molar-refractivity contribution in [2.24, 2.45) is 0 Å². The highest BCUT2D eigenvalue weighted by Gasteiger charge is 2.18. The number of hydrogen-bond donors (Lipinski definition) is 1. The van der Waals surface area contributed by atoms with Gasteiger partial charge in [-0.2, -0.15) is 0 Å². The summed E-state index contributed by atoms with van der Waals surface area (Å²) in [6.07, 6.45) is 3.23. The van der Waals surface area contributed by atoms with E-state index in [0.717, 1.165) is 37.9 Å². The molecule has 1 N–H and O–H groups in total. The van der Waals surface area contributed by atoms with Crippen molar-refractivity contribution >= 4 is 29.1 Å². The molecule has 0 bridgehead atoms. The number of carbonyl (C=O) groups is 2. The van der Waals surface area contributed by atoms with Crippen LogP contribution in [0, 0.1) is 6.92 Å². The lowest BCUT2D eigenvalue weighted by atomic mass is 10.1. The number of nitrogens with zero attached hydrogens (tertiary/aromatic N) is 1. The quantitative estimate of drug-likeness (QED) is 0.691. The number of amides is 2. The van der Waals surface area contributed by atoms with Crippen molar-refractivity contribution in [2.75, 3.05) is 31.6 Å². The first kappa shape index (κ1) is 22.0. The molecule has 1 aliphatic heterocycles. The molecule has 1 aliphatic rings. The Kier molecular flexibility index (Phi) is 7.57. The van der Waals surface area contributed by atoms with E-state index in [-0.39, 0.29) is 18.4 Å². The number of halogens is 1. The summed E-state index contributed by atoms with van der Waals surface area (Å²) < 4.78 is 11.4. The molecule has 2 amide bonds. The van der Waals surface area contributed by atoms with E-state index in [1.54, 1.807) is 36.4 Å². The van der Waals surface area contributed by atoms with Crippen LogP contribution in [-0.4, -0.2) is 43.0 Å². The Bertz CT molecular complexity index is 910. The highest BCUT2D eigenvalue weighted by atomic mass is 35.5. The molecule has 30 heavy (non-hydrogen) atoms. The number of nitrogens with one attached hydrogen (secondary N) is 1. The average molecular weight is 431 g/mol. The molecule has 6 nitrogen and oxygen atoms in total. The van der Waals surface area contributed by atoms with Gasteiger partial charge in [0.1, 0.15) is 0 Å². The first-order valence-corrected chi connectivity index (χ1v) is 10.6. The molecule has 0 unspecified atom stereocenters. The molecular formula is C23H27ClN2O4. The van der Waals surface area contributed by atoms with E-state index >= 15 is 0 Å². The Hall–Kier alpha value is -2.73. The van der Waals surface area contributed by atoms with Crippen LogP contribution < -0.4 is 14.8 Å². The fourth-order valence-electron chi connectivity index (χ4n) is 3.35. The fraction of sp³-hybridized carbons (Fsp3) is 0.391. The summed E-state index contributed by atoms with van der Waals surface area (Å²) in [5, 5.41) is 3.46. The highest BCUT2D eigenvalue weighted by Crippen LogP contribution is 2.30. The predicted octanol–water partition coefficient (Wildman–Crippen LogP) is 4.69. The predicted molar refractivity (Wildman–Crippen MR) is 118 cm³/mol. The molecule has 0 atom stereocenters. The topological polar surface area (TPSA) is 67.9 Å². The van der Waals surface area contributed by atoms with Gasteiger partial charge in [0, 0.05) is 29.4 Å². The molecule has 1 fully saturated rings. The molecule has 160 valence electrons. The average Bonchev–Trinajstić information content (AvgIpc) is 2.76. The minimum atomic E-state index is -0.280. The summed E-state index contributed by atoms with van der Waals surface area (Å²) in [5.41, 5.74) is 1.87. The van der Waals surface area contributed by atoms with Gasteiger partial charge >= 0.3 is 0 Å². The minimum Gasteiger partial charge on any atom is -0.490 e. The Morgan fingerprint density at radius 3 is 2.57 bits per heavy atom. The molecule has 7 heteroatoms. The van der Waals surface area contributed by atoms with Crippen LogP contribution in [0.4, 0.5) is 5.69 Å². The maximum atomic E-state index is 12.7. The second-order valence-electron chi connectivity index (χ2n) is 7.19. The third-order valence-electron chi connectivity index (χ3n) is 5.08. The molecule has 0 radical (unpaired) electrons. The molecule has 1 heterocycles. The smallest absolute Gasteiger partial charge is 0.260 e. The summed E-state index contributed by atoms with van der Waals surface area (Å²) >= 11 is 6.13. The van der Waals surface area contributed by atoms with Gasteiger partial charge in [-0.15, -0.1) is 0 Å². The number of ether oxygens (including phenoxy) is 2. The molecule has 1 saturated heterocycles. The first-order chi connectivity index (χ1) is 14.5. The van der Waals surface area contributed by atoms with Crippen molar-refractivity contribution < 1.29 is 19.1 Å². The monoisotopic (exact) mass is 430 g/mol. The third-order valence-corrected chi connectivity index (χ3v) is 5.49. The van der Waals surface area contributed by atoms with Crippen molar-refractivity contribution in [1.82, 2.24) is 4.90 Å². The van der Waals surface area contributed by atoms with Gasteiger partial charge in [-0.3, -0.25) is 9.59 Å². The van der Waals surface area contributed by atoms with Crippen molar-refractivity contribution in [3.05, 3.63) is 52.5 Å². The van der Waals surface area contributed by atoms with Crippen molar-refractivity contribution in [3.63, 3.8) is 0 Å². The number of rotatable bonds is 7. The van der Waals surface area contributed by atoms with Crippen molar-refractivity contribution in [2.45, 2.75) is 33.1 Å². The van der Waals surface area contributed by atoms with Crippen molar-refractivity contribution in [3.8, 4) is 11.5 Å². The zero-order valence-electron chi connectivity index (χ0n) is 17.4. The molecule has 0 spiro atoms. The van der Waals surface area contributed by atoms with Gasteiger partial charge < -0.3 is 19.7 Å². The third kappa shape index (κ3) is 5.45. The molecule has 0 aromatic heterocycles. The lowest BCUT2D eigenvalue weighted by Gasteiger charge is -2.26. The normalized spacial score (nSPS) is 13.6. The van der Waals surface area contributed by atoms with Gasteiger partial charge in [0.25, 0.3) is 11.8 Å². The van der Waals surface area contributed by atoms with E-state index in [2.05, 4.69) is 5.32 Å². The van der Waals surface area contributed by atoms with Gasteiger partial charge in [-0.25, -0.2) is 0 Å². The summed E-state index contributed by atoms with van der Waals surface area (Å²) in [7, 11) is 0. The van der Waals surface area contributed by atoms with Gasteiger partial charge in [-0.05, 0) is 69.0 Å². The van der Waals surface area contributed by atoms with Crippen LogP contribution >= 0.6 is 11.6 Å². The second-order valence-corrected chi connectivity index (χ2v) is 7.60. The number of benzene rings is 2. The van der Waals surface area contributed by atoms with Gasteiger partial charge in [0.2, 0.25) is 0 Å². The largest absolute Gasteiger partial charge is 0.490 e. The van der Waals surface area contributed by atoms with Crippen LogP contribution in [0.25, 0.3) is 0 Å². The molecule has 3 rings (SSSR count). The Balaban J connectivity index is 1.70. The Morgan fingerprint density at radius 1 is 1.07 bits per heavy atom. The number of anilines is 1. The van der Waals surface area contributed by atoms with Gasteiger partial charge in [-0.1, -0.05) is 17.7 Å². The van der Waals surface area contributed by atoms with E-state index in [4.69, 9.17) is 21.1 Å². The number of piperidine rings is 1. The van der Waals surface area contributed by atoms with E-state index in [1.807, 2.05) is 18.7 Å². The summed E-state index contributed by atoms with van der Waals surface area (Å²) in [5.74, 6) is 0.560. The molecule has 0 aliphatic carbocycles. The zero-order chi connectivity index (χ0) is 21.5. The van der Waals surface area contributed by atoms with E-state index in [0.29, 0.717) is 34.4 Å². The van der Waals surface area contributed by atoms with Crippen LogP contribution in [0.3, 0.4) is 0 Å². The van der Waals surface area contributed by atoms with E-state index in [1.165, 1.54) is 0 Å². The van der Waals surface area contributed by atoms with Crippen LogP contribution in [0.2, 0.25) is 5.02 Å². The SMILES string of the molecule is CCOc1cc(C(=O)Nc2cccc(Cl)c2C)ccc1OCC(=O)N1CCCCC1. The van der Waals surface area contributed by atoms with Gasteiger partial charge in [0.15, 0.2) is 18.1 Å². The highest BCUT2D eigenvalue weighted by molar-refractivity contribution is 6.31.